The predicted molar refractivity (Wildman–Crippen MR) is 124 cm³/mol. The number of hydrogen-bond donors (Lipinski definition) is 6. The fourth-order valence-corrected chi connectivity index (χ4v) is 3.07. The predicted octanol–water partition coefficient (Wildman–Crippen LogP) is 4.27. The third-order valence-corrected chi connectivity index (χ3v) is 4.70. The quantitative estimate of drug-likeness (QED) is 0.238. The second-order valence-electron chi connectivity index (χ2n) is 8.54. The van der Waals surface area contributed by atoms with Gasteiger partial charge in [0.15, 0.2) is 0 Å². The van der Waals surface area contributed by atoms with Crippen molar-refractivity contribution >= 4 is 41.1 Å². The van der Waals surface area contributed by atoms with Crippen LogP contribution in [0.5, 0.6) is 0 Å². The number of rotatable bonds is 8. The number of alkyl carbamates (subject to hydrolysis) is 1. The second kappa shape index (κ2) is 11.7. The summed E-state index contributed by atoms with van der Waals surface area (Å²) < 4.78 is 20.2. The van der Waals surface area contributed by atoms with Crippen molar-refractivity contribution in [2.24, 2.45) is 0 Å². The van der Waals surface area contributed by atoms with E-state index in [0.29, 0.717) is 6.42 Å². The van der Waals surface area contributed by atoms with Gasteiger partial charge in [-0.25, -0.2) is 19.4 Å². The summed E-state index contributed by atoms with van der Waals surface area (Å²) in [6.07, 6.45) is -1.60. The Balaban J connectivity index is 3.23. The number of carboxylic acid groups (broad SMARTS) is 1. The maximum Gasteiger partial charge on any atom is 0.423 e. The molecule has 2 atom stereocenters. The molecule has 12 heteroatoms. The van der Waals surface area contributed by atoms with Crippen LogP contribution in [0.3, 0.4) is 0 Å². The minimum atomic E-state index is -1.50. The van der Waals surface area contributed by atoms with Crippen molar-refractivity contribution < 1.29 is 28.6 Å². The second-order valence-corrected chi connectivity index (χ2v) is 8.92. The molecule has 0 heterocycles. The highest BCUT2D eigenvalue weighted by Gasteiger charge is 2.26. The van der Waals surface area contributed by atoms with E-state index in [1.807, 2.05) is 19.3 Å². The van der Waals surface area contributed by atoms with E-state index in [1.165, 1.54) is 0 Å². The van der Waals surface area contributed by atoms with Gasteiger partial charge in [-0.2, -0.15) is 0 Å². The van der Waals surface area contributed by atoms with Gasteiger partial charge in [0.1, 0.15) is 11.4 Å². The molecule has 0 aliphatic heterocycles. The Morgan fingerprint density at radius 2 is 1.82 bits per heavy atom. The average molecular weight is 488 g/mol. The minimum absolute atomic E-state index is 0.0598. The van der Waals surface area contributed by atoms with E-state index in [4.69, 9.17) is 26.9 Å². The van der Waals surface area contributed by atoms with E-state index in [9.17, 15) is 18.8 Å². The van der Waals surface area contributed by atoms with Gasteiger partial charge in [0.05, 0.1) is 21.8 Å². The van der Waals surface area contributed by atoms with Crippen LogP contribution in [0.25, 0.3) is 0 Å². The van der Waals surface area contributed by atoms with Gasteiger partial charge in [-0.15, -0.1) is 0 Å². The molecule has 1 aromatic rings. The highest BCUT2D eigenvalue weighted by molar-refractivity contribution is 6.37. The van der Waals surface area contributed by atoms with E-state index in [0.717, 1.165) is 6.07 Å². The molecule has 33 heavy (non-hydrogen) atoms. The molecule has 0 spiro atoms. The number of ether oxygens (including phenoxy) is 1. The van der Waals surface area contributed by atoms with Gasteiger partial charge in [-0.05, 0) is 47.1 Å². The number of carbonyl (C=O) groups is 3. The molecule has 0 bridgehead atoms. The van der Waals surface area contributed by atoms with Crippen molar-refractivity contribution in [1.29, 1.82) is 5.41 Å². The summed E-state index contributed by atoms with van der Waals surface area (Å²) in [5.74, 6) is -1.87. The number of benzene rings is 1. The van der Waals surface area contributed by atoms with Gasteiger partial charge in [-0.1, -0.05) is 18.5 Å². The van der Waals surface area contributed by atoms with Crippen molar-refractivity contribution in [1.82, 2.24) is 16.2 Å². The molecule has 0 saturated heterocycles. The van der Waals surface area contributed by atoms with Gasteiger partial charge >= 0.3 is 12.2 Å². The molecule has 0 aliphatic rings. The van der Waals surface area contributed by atoms with E-state index < -0.39 is 35.6 Å². The molecular formula is C21H31ClFN5O5. The molecule has 2 unspecified atom stereocenters. The Morgan fingerprint density at radius 3 is 2.33 bits per heavy atom. The van der Waals surface area contributed by atoms with Crippen LogP contribution in [0, 0.1) is 11.2 Å². The van der Waals surface area contributed by atoms with Crippen LogP contribution in [0.4, 0.5) is 19.7 Å². The third kappa shape index (κ3) is 8.76. The molecule has 10 nitrogen and oxygen atoms in total. The van der Waals surface area contributed by atoms with Crippen LogP contribution in [-0.4, -0.2) is 46.6 Å². The number of halogens is 2. The van der Waals surface area contributed by atoms with Crippen LogP contribution >= 0.6 is 11.6 Å². The van der Waals surface area contributed by atoms with Crippen LogP contribution in [0.15, 0.2) is 6.07 Å². The lowest BCUT2D eigenvalue weighted by Crippen LogP contribution is -2.41. The number of amides is 3. The zero-order valence-electron chi connectivity index (χ0n) is 19.5. The van der Waals surface area contributed by atoms with Gasteiger partial charge in [-0.3, -0.25) is 10.2 Å². The maximum absolute atomic E-state index is 15.0. The lowest BCUT2D eigenvalue weighted by atomic mass is 9.99. The van der Waals surface area contributed by atoms with Crippen molar-refractivity contribution in [3.63, 3.8) is 0 Å². The molecular weight excluding hydrogens is 457 g/mol. The maximum atomic E-state index is 15.0. The molecule has 6 N–H and O–H groups in total. The number of nitrogens with one attached hydrogen (secondary N) is 5. The summed E-state index contributed by atoms with van der Waals surface area (Å²) in [5.41, 5.74) is 2.33. The normalized spacial score (nSPS) is 12.8. The molecule has 184 valence electrons. The smallest absolute Gasteiger partial charge is 0.423 e. The Bertz CT molecular complexity index is 919. The Hall–Kier alpha value is -3.08. The van der Waals surface area contributed by atoms with E-state index in [-0.39, 0.29) is 40.0 Å². The highest BCUT2D eigenvalue weighted by atomic mass is 35.5. The van der Waals surface area contributed by atoms with E-state index in [2.05, 4.69) is 10.6 Å². The number of hydrogen-bond acceptors (Lipinski definition) is 6. The van der Waals surface area contributed by atoms with Crippen LogP contribution < -0.4 is 21.5 Å². The Morgan fingerprint density at radius 1 is 1.21 bits per heavy atom. The first-order valence-electron chi connectivity index (χ1n) is 10.3. The third-order valence-electron chi connectivity index (χ3n) is 4.32. The first-order chi connectivity index (χ1) is 15.2. The van der Waals surface area contributed by atoms with Crippen LogP contribution in [0.2, 0.25) is 5.02 Å². The fourth-order valence-electron chi connectivity index (χ4n) is 2.71. The van der Waals surface area contributed by atoms with Crippen molar-refractivity contribution in [2.75, 3.05) is 5.32 Å². The Labute approximate surface area is 197 Å². The summed E-state index contributed by atoms with van der Waals surface area (Å²) in [4.78, 5) is 35.0. The van der Waals surface area contributed by atoms with E-state index in [1.54, 1.807) is 33.1 Å². The summed E-state index contributed by atoms with van der Waals surface area (Å²) in [6, 6.07) is 0.143. The lowest BCUT2D eigenvalue weighted by molar-refractivity contribution is 0.0510. The van der Waals surface area contributed by atoms with Gasteiger partial charge in [0, 0.05) is 24.2 Å². The first kappa shape index (κ1) is 28.0. The lowest BCUT2D eigenvalue weighted by Gasteiger charge is -2.23. The first-order valence-corrected chi connectivity index (χ1v) is 10.7. The summed E-state index contributed by atoms with van der Waals surface area (Å²) in [6.45, 7) is 10.5. The molecule has 0 aromatic heterocycles. The molecule has 0 radical (unpaired) electrons. The number of hydrazine groups is 1. The largest absolute Gasteiger partial charge is 0.464 e. The topological polar surface area (TPSA) is 153 Å². The summed E-state index contributed by atoms with van der Waals surface area (Å²) >= 11 is 6.43. The summed E-state index contributed by atoms with van der Waals surface area (Å²) in [5, 5.41) is 22.4. The summed E-state index contributed by atoms with van der Waals surface area (Å²) in [7, 11) is 0. The minimum Gasteiger partial charge on any atom is -0.464 e. The monoisotopic (exact) mass is 487 g/mol. The fraction of sp³-hybridized carbons (Fsp3) is 0.524. The molecule has 0 aliphatic carbocycles. The van der Waals surface area contributed by atoms with Gasteiger partial charge < -0.3 is 25.9 Å². The van der Waals surface area contributed by atoms with Crippen LogP contribution in [-0.2, 0) is 4.74 Å². The highest BCUT2D eigenvalue weighted by Crippen LogP contribution is 2.34. The van der Waals surface area contributed by atoms with Crippen molar-refractivity contribution in [3.05, 3.63) is 28.0 Å². The molecule has 0 fully saturated rings. The Kier molecular flexibility index (Phi) is 9.90. The van der Waals surface area contributed by atoms with Gasteiger partial charge in [0.2, 0.25) is 0 Å². The molecule has 1 aromatic carbocycles. The van der Waals surface area contributed by atoms with Crippen molar-refractivity contribution in [3.8, 4) is 0 Å². The molecule has 1 rings (SSSR count). The zero-order valence-corrected chi connectivity index (χ0v) is 20.2. The van der Waals surface area contributed by atoms with E-state index >= 15 is 0 Å². The van der Waals surface area contributed by atoms with Crippen LogP contribution in [0.1, 0.15) is 70.3 Å². The number of carbonyl (C=O) groups excluding carboxylic acids is 2. The number of anilines is 1. The average Bonchev–Trinajstić information content (AvgIpc) is 2.65. The molecule has 0 saturated carbocycles. The SMILES string of the molecule is CCC(C)Nc1c(C(=O)NNC(=O)O)cc(F)c(C(=N)CC(C)NC(=O)OC(C)(C)C)c1Cl. The standard InChI is InChI=1S/C21H31ClFN5O5/c1-7-10(2)25-17-12(18(29)27-28-19(30)31)9-13(23)15(16(17)22)14(24)8-11(3)26-20(32)33-21(4,5)6/h9-11,24-25,28H,7-8H2,1-6H3,(H,26,32)(H,27,29)(H,30,31). The van der Waals surface area contributed by atoms with Gasteiger partial charge in [0.25, 0.3) is 5.91 Å². The van der Waals surface area contributed by atoms with Crippen molar-refractivity contribution in [2.45, 2.75) is 72.1 Å². The zero-order chi connectivity index (χ0) is 25.5. The molecule has 3 amide bonds.